The van der Waals surface area contributed by atoms with Gasteiger partial charge in [-0.15, -0.1) is 0 Å². The molecule has 0 spiro atoms. The van der Waals surface area contributed by atoms with Crippen molar-refractivity contribution in [3.63, 3.8) is 0 Å². The highest BCUT2D eigenvalue weighted by Gasteiger charge is 2.23. The molecule has 1 unspecified atom stereocenters. The highest BCUT2D eigenvalue weighted by molar-refractivity contribution is 6.32. The van der Waals surface area contributed by atoms with Gasteiger partial charge in [-0.2, -0.15) is 0 Å². The van der Waals surface area contributed by atoms with Crippen molar-refractivity contribution in [3.8, 4) is 0 Å². The number of rotatable bonds is 4. The number of nitrogens with zero attached hydrogens (tertiary/aromatic N) is 2. The van der Waals surface area contributed by atoms with E-state index < -0.39 is 0 Å². The molecule has 0 N–H and O–H groups in total. The Bertz CT molecular complexity index is 387. The normalized spacial score (nSPS) is 21.0. The minimum absolute atomic E-state index is 0.497. The summed E-state index contributed by atoms with van der Waals surface area (Å²) in [6.07, 6.45) is 1.17. The fourth-order valence-corrected chi connectivity index (χ4v) is 2.54. The third kappa shape index (κ3) is 3.55. The van der Waals surface area contributed by atoms with Crippen molar-refractivity contribution in [2.24, 2.45) is 5.92 Å². The van der Waals surface area contributed by atoms with Gasteiger partial charge in [-0.3, -0.25) is 4.90 Å². The monoisotopic (exact) mass is 274 g/mol. The molecule has 1 fully saturated rings. The standard InChI is InChI=1S/C12H16Cl2N2O/c1-17-8-9-4-5-16(6-9)7-11-10(13)2-3-12(14)15-11/h2-3,9H,4-8H2,1H3. The van der Waals surface area contributed by atoms with E-state index in [9.17, 15) is 0 Å². The van der Waals surface area contributed by atoms with E-state index in [-0.39, 0.29) is 0 Å². The van der Waals surface area contributed by atoms with Gasteiger partial charge in [0.1, 0.15) is 5.15 Å². The van der Waals surface area contributed by atoms with Gasteiger partial charge in [-0.05, 0) is 31.0 Å². The number of likely N-dealkylation sites (tertiary alicyclic amines) is 1. The Kier molecular flexibility index (Phi) is 4.62. The summed E-state index contributed by atoms with van der Waals surface area (Å²) in [6, 6.07) is 3.51. The fraction of sp³-hybridized carbons (Fsp3) is 0.583. The molecule has 0 aliphatic carbocycles. The van der Waals surface area contributed by atoms with Crippen molar-refractivity contribution < 1.29 is 4.74 Å². The maximum absolute atomic E-state index is 6.10. The molecule has 0 aromatic carbocycles. The molecule has 1 atom stereocenters. The van der Waals surface area contributed by atoms with E-state index in [0.717, 1.165) is 31.9 Å². The molecule has 17 heavy (non-hydrogen) atoms. The minimum atomic E-state index is 0.497. The Morgan fingerprint density at radius 1 is 1.47 bits per heavy atom. The first-order valence-electron chi connectivity index (χ1n) is 5.71. The topological polar surface area (TPSA) is 25.4 Å². The van der Waals surface area contributed by atoms with Gasteiger partial charge in [-0.1, -0.05) is 23.2 Å². The van der Waals surface area contributed by atoms with Crippen LogP contribution in [0.25, 0.3) is 0 Å². The molecule has 94 valence electrons. The van der Waals surface area contributed by atoms with Gasteiger partial charge in [0.2, 0.25) is 0 Å². The molecule has 0 amide bonds. The fourth-order valence-electron chi connectivity index (χ4n) is 2.21. The van der Waals surface area contributed by atoms with E-state index in [1.165, 1.54) is 6.42 Å². The summed E-state index contributed by atoms with van der Waals surface area (Å²) in [5.41, 5.74) is 0.859. The number of halogens is 2. The first kappa shape index (κ1) is 13.1. The van der Waals surface area contributed by atoms with E-state index in [4.69, 9.17) is 27.9 Å². The van der Waals surface area contributed by atoms with Gasteiger partial charge < -0.3 is 4.74 Å². The van der Waals surface area contributed by atoms with Crippen molar-refractivity contribution in [1.29, 1.82) is 0 Å². The SMILES string of the molecule is COCC1CCN(Cc2nc(Cl)ccc2Cl)C1. The maximum Gasteiger partial charge on any atom is 0.129 e. The predicted octanol–water partition coefficient (Wildman–Crippen LogP) is 2.86. The lowest BCUT2D eigenvalue weighted by atomic mass is 10.1. The average molecular weight is 275 g/mol. The molecule has 0 bridgehead atoms. The average Bonchev–Trinajstić information content (AvgIpc) is 2.72. The van der Waals surface area contributed by atoms with Crippen molar-refractivity contribution in [3.05, 3.63) is 28.0 Å². The van der Waals surface area contributed by atoms with Crippen LogP contribution in [0.5, 0.6) is 0 Å². The van der Waals surface area contributed by atoms with Crippen LogP contribution in [0.1, 0.15) is 12.1 Å². The number of hydrogen-bond donors (Lipinski definition) is 0. The number of methoxy groups -OCH3 is 1. The van der Waals surface area contributed by atoms with Crippen LogP contribution in [0, 0.1) is 5.92 Å². The van der Waals surface area contributed by atoms with Crippen LogP contribution in [-0.4, -0.2) is 36.7 Å². The second kappa shape index (κ2) is 6.01. The van der Waals surface area contributed by atoms with Gasteiger partial charge in [0.15, 0.2) is 0 Å². The van der Waals surface area contributed by atoms with Crippen LogP contribution in [0.15, 0.2) is 12.1 Å². The second-order valence-corrected chi connectivity index (χ2v) is 5.20. The molecule has 1 aromatic rings. The predicted molar refractivity (Wildman–Crippen MR) is 69.5 cm³/mol. The Labute approximate surface area is 112 Å². The van der Waals surface area contributed by atoms with Crippen LogP contribution in [0.4, 0.5) is 0 Å². The van der Waals surface area contributed by atoms with Crippen LogP contribution < -0.4 is 0 Å². The van der Waals surface area contributed by atoms with Crippen LogP contribution >= 0.6 is 23.2 Å². The first-order chi connectivity index (χ1) is 8.19. The summed E-state index contributed by atoms with van der Waals surface area (Å²) in [7, 11) is 1.75. The zero-order valence-electron chi connectivity index (χ0n) is 9.83. The molecule has 0 radical (unpaired) electrons. The molecule has 2 rings (SSSR count). The first-order valence-corrected chi connectivity index (χ1v) is 6.47. The van der Waals surface area contributed by atoms with Gasteiger partial charge in [0, 0.05) is 20.2 Å². The summed E-state index contributed by atoms with van der Waals surface area (Å²) < 4.78 is 5.18. The minimum Gasteiger partial charge on any atom is -0.384 e. The summed E-state index contributed by atoms with van der Waals surface area (Å²) in [5, 5.41) is 1.18. The molecule has 5 heteroatoms. The van der Waals surface area contributed by atoms with Gasteiger partial charge >= 0.3 is 0 Å². The highest BCUT2D eigenvalue weighted by atomic mass is 35.5. The van der Waals surface area contributed by atoms with Crippen molar-refractivity contribution in [2.75, 3.05) is 26.8 Å². The Hall–Kier alpha value is -0.350. The number of hydrogen-bond acceptors (Lipinski definition) is 3. The number of aromatic nitrogens is 1. The van der Waals surface area contributed by atoms with Crippen molar-refractivity contribution >= 4 is 23.2 Å². The van der Waals surface area contributed by atoms with E-state index in [0.29, 0.717) is 16.1 Å². The second-order valence-electron chi connectivity index (χ2n) is 4.41. The largest absolute Gasteiger partial charge is 0.384 e. The number of pyridine rings is 1. The summed E-state index contributed by atoms with van der Waals surface area (Å²) >= 11 is 12.0. The third-order valence-corrected chi connectivity index (χ3v) is 3.58. The Morgan fingerprint density at radius 3 is 3.06 bits per heavy atom. The van der Waals surface area contributed by atoms with Gasteiger partial charge in [-0.25, -0.2) is 4.98 Å². The summed E-state index contributed by atoms with van der Waals surface area (Å²) in [4.78, 5) is 6.61. The van der Waals surface area contributed by atoms with E-state index >= 15 is 0 Å². The zero-order valence-corrected chi connectivity index (χ0v) is 11.3. The van der Waals surface area contributed by atoms with E-state index in [1.807, 2.05) is 0 Å². The van der Waals surface area contributed by atoms with Crippen molar-refractivity contribution in [1.82, 2.24) is 9.88 Å². The zero-order chi connectivity index (χ0) is 12.3. The molecule has 0 saturated carbocycles. The molecular weight excluding hydrogens is 259 g/mol. The smallest absolute Gasteiger partial charge is 0.129 e. The van der Waals surface area contributed by atoms with Crippen molar-refractivity contribution in [2.45, 2.75) is 13.0 Å². The molecule has 1 aliphatic heterocycles. The van der Waals surface area contributed by atoms with Crippen LogP contribution in [-0.2, 0) is 11.3 Å². The lowest BCUT2D eigenvalue weighted by Crippen LogP contribution is -2.22. The van der Waals surface area contributed by atoms with E-state index in [2.05, 4.69) is 9.88 Å². The van der Waals surface area contributed by atoms with Crippen LogP contribution in [0.3, 0.4) is 0 Å². The third-order valence-electron chi connectivity index (χ3n) is 3.03. The summed E-state index contributed by atoms with van der Waals surface area (Å²) in [6.45, 7) is 3.70. The maximum atomic E-state index is 6.10. The van der Waals surface area contributed by atoms with Gasteiger partial charge in [0.05, 0.1) is 17.3 Å². The molecule has 3 nitrogen and oxygen atoms in total. The molecule has 1 saturated heterocycles. The molecular formula is C12H16Cl2N2O. The van der Waals surface area contributed by atoms with E-state index in [1.54, 1.807) is 19.2 Å². The lowest BCUT2D eigenvalue weighted by molar-refractivity contribution is 0.152. The Morgan fingerprint density at radius 2 is 2.29 bits per heavy atom. The molecule has 1 aromatic heterocycles. The lowest BCUT2D eigenvalue weighted by Gasteiger charge is -2.16. The molecule has 2 heterocycles. The van der Waals surface area contributed by atoms with Crippen LogP contribution in [0.2, 0.25) is 10.2 Å². The van der Waals surface area contributed by atoms with Gasteiger partial charge in [0.25, 0.3) is 0 Å². The molecule has 1 aliphatic rings. The summed E-state index contributed by atoms with van der Waals surface area (Å²) in [5.74, 6) is 0.623. The quantitative estimate of drug-likeness (QED) is 0.790. The highest BCUT2D eigenvalue weighted by Crippen LogP contribution is 2.22. The Balaban J connectivity index is 1.95. The number of ether oxygens (including phenoxy) is 1.